The number of aromatic nitrogens is 2. The molecule has 1 heterocycles. The maximum Gasteiger partial charge on any atom is 0.435 e. The molecular formula is C16H15N2O4+. The molecule has 0 unspecified atom stereocenters. The Morgan fingerprint density at radius 1 is 1.00 bits per heavy atom. The predicted molar refractivity (Wildman–Crippen MR) is 79.4 cm³/mol. The van der Waals surface area contributed by atoms with Gasteiger partial charge in [0, 0.05) is 12.1 Å². The molecule has 0 radical (unpaired) electrons. The van der Waals surface area contributed by atoms with Crippen LogP contribution in [0.2, 0.25) is 0 Å². The molecule has 3 rings (SSSR count). The minimum atomic E-state index is -0.472. The molecule has 6 nitrogen and oxygen atoms in total. The summed E-state index contributed by atoms with van der Waals surface area (Å²) in [6.45, 7) is 0. The van der Waals surface area contributed by atoms with Crippen molar-refractivity contribution in [2.45, 2.75) is 0 Å². The number of nitrogens with zero attached hydrogens (tertiary/aromatic N) is 1. The third-order valence-corrected chi connectivity index (χ3v) is 3.34. The molecule has 0 atom stereocenters. The van der Waals surface area contributed by atoms with E-state index in [4.69, 9.17) is 14.0 Å². The third kappa shape index (κ3) is 2.35. The Balaban J connectivity index is 2.17. The average Bonchev–Trinajstić information content (AvgIpc) is 2.96. The molecule has 0 aliphatic rings. The number of para-hydroxylation sites is 1. The zero-order valence-corrected chi connectivity index (χ0v) is 12.2. The zero-order chi connectivity index (χ0) is 15.5. The molecule has 0 spiro atoms. The molecule has 0 amide bonds. The molecular weight excluding hydrogens is 284 g/mol. The van der Waals surface area contributed by atoms with Gasteiger partial charge in [-0.15, -0.1) is 0 Å². The summed E-state index contributed by atoms with van der Waals surface area (Å²) in [5.74, 6) is 1.32. The molecule has 0 saturated carbocycles. The first-order valence-electron chi connectivity index (χ1n) is 6.66. The highest BCUT2D eigenvalue weighted by atomic mass is 16.5. The monoisotopic (exact) mass is 299 g/mol. The van der Waals surface area contributed by atoms with Crippen LogP contribution in [0.3, 0.4) is 0 Å². The standard InChI is InChI=1S/C16H14N2O4/c1-20-12-9-7-11(8-10-12)18-15(16(19)22-17-18)13-5-3-4-6-14(13)21-2/h3-10H,1-2H3/p+1. The van der Waals surface area contributed by atoms with Gasteiger partial charge < -0.3 is 9.47 Å². The average molecular weight is 299 g/mol. The van der Waals surface area contributed by atoms with Gasteiger partial charge in [-0.1, -0.05) is 12.1 Å². The quantitative estimate of drug-likeness (QED) is 0.747. The van der Waals surface area contributed by atoms with Crippen molar-refractivity contribution in [3.8, 4) is 28.4 Å². The summed E-state index contributed by atoms with van der Waals surface area (Å²) in [5, 5.41) is 2.61. The third-order valence-electron chi connectivity index (χ3n) is 3.34. The van der Waals surface area contributed by atoms with Gasteiger partial charge in [0.2, 0.25) is 5.69 Å². The second-order valence-electron chi connectivity index (χ2n) is 4.56. The number of H-pyrrole nitrogens is 1. The highest BCUT2D eigenvalue weighted by Gasteiger charge is 2.27. The minimum Gasteiger partial charge on any atom is -0.497 e. The van der Waals surface area contributed by atoms with E-state index in [-0.39, 0.29) is 0 Å². The van der Waals surface area contributed by atoms with E-state index in [0.29, 0.717) is 17.0 Å². The van der Waals surface area contributed by atoms with Crippen molar-refractivity contribution in [2.75, 3.05) is 14.2 Å². The lowest BCUT2D eigenvalue weighted by Crippen LogP contribution is -2.36. The fraction of sp³-hybridized carbons (Fsp3) is 0.125. The van der Waals surface area contributed by atoms with Crippen LogP contribution in [0.25, 0.3) is 16.9 Å². The summed E-state index contributed by atoms with van der Waals surface area (Å²) in [5.41, 5.74) is 1.28. The number of methoxy groups -OCH3 is 2. The van der Waals surface area contributed by atoms with Gasteiger partial charge in [0.15, 0.2) is 0 Å². The van der Waals surface area contributed by atoms with Gasteiger partial charge in [-0.05, 0) is 34.2 Å². The first-order valence-corrected chi connectivity index (χ1v) is 6.66. The van der Waals surface area contributed by atoms with Crippen molar-refractivity contribution in [1.29, 1.82) is 0 Å². The van der Waals surface area contributed by atoms with E-state index < -0.39 is 5.63 Å². The Morgan fingerprint density at radius 3 is 2.41 bits per heavy atom. The molecule has 0 saturated heterocycles. The molecule has 112 valence electrons. The lowest BCUT2D eigenvalue weighted by atomic mass is 10.1. The second kappa shape index (κ2) is 5.77. The van der Waals surface area contributed by atoms with Gasteiger partial charge in [0.05, 0.1) is 19.8 Å². The van der Waals surface area contributed by atoms with Gasteiger partial charge in [0.25, 0.3) is 0 Å². The molecule has 0 fully saturated rings. The first kappa shape index (κ1) is 13.9. The SMILES string of the molecule is COc1ccc(-[n+]2[nH]oc(=O)c2-c2ccccc2OC)cc1. The van der Waals surface area contributed by atoms with Crippen LogP contribution in [0.4, 0.5) is 0 Å². The Hall–Kier alpha value is -3.02. The molecule has 22 heavy (non-hydrogen) atoms. The molecule has 1 N–H and O–H groups in total. The number of nitrogens with one attached hydrogen (secondary N) is 1. The molecule has 6 heteroatoms. The van der Waals surface area contributed by atoms with E-state index in [2.05, 4.69) is 5.27 Å². The van der Waals surface area contributed by atoms with Crippen LogP contribution in [0.1, 0.15) is 0 Å². The molecule has 2 aromatic carbocycles. The van der Waals surface area contributed by atoms with E-state index in [1.54, 1.807) is 43.2 Å². The number of ether oxygens (including phenoxy) is 2. The Morgan fingerprint density at radius 2 is 1.73 bits per heavy atom. The van der Waals surface area contributed by atoms with Crippen LogP contribution in [0.15, 0.2) is 57.8 Å². The van der Waals surface area contributed by atoms with Gasteiger partial charge in [0.1, 0.15) is 11.5 Å². The van der Waals surface area contributed by atoms with Crippen LogP contribution in [0.5, 0.6) is 11.5 Å². The smallest absolute Gasteiger partial charge is 0.435 e. The maximum atomic E-state index is 12.1. The lowest BCUT2D eigenvalue weighted by molar-refractivity contribution is -0.660. The summed E-state index contributed by atoms with van der Waals surface area (Å²) in [6, 6.07) is 14.5. The van der Waals surface area contributed by atoms with E-state index in [1.807, 2.05) is 24.3 Å². The van der Waals surface area contributed by atoms with Gasteiger partial charge >= 0.3 is 11.3 Å². The van der Waals surface area contributed by atoms with Crippen LogP contribution < -0.4 is 19.8 Å². The normalized spacial score (nSPS) is 10.5. The second-order valence-corrected chi connectivity index (χ2v) is 4.56. The number of hydrogen-bond acceptors (Lipinski definition) is 4. The molecule has 0 aliphatic heterocycles. The van der Waals surface area contributed by atoms with Crippen LogP contribution in [-0.2, 0) is 0 Å². The van der Waals surface area contributed by atoms with Gasteiger partial charge in [-0.3, -0.25) is 4.52 Å². The number of rotatable bonds is 4. The van der Waals surface area contributed by atoms with Crippen molar-refractivity contribution in [2.24, 2.45) is 0 Å². The van der Waals surface area contributed by atoms with E-state index in [9.17, 15) is 4.79 Å². The Bertz CT molecular complexity index is 834. The fourth-order valence-corrected chi connectivity index (χ4v) is 2.26. The van der Waals surface area contributed by atoms with Crippen molar-refractivity contribution >= 4 is 0 Å². The fourth-order valence-electron chi connectivity index (χ4n) is 2.26. The number of hydrogen-bond donors (Lipinski definition) is 1. The Kier molecular flexibility index (Phi) is 3.65. The van der Waals surface area contributed by atoms with Gasteiger partial charge in [-0.25, -0.2) is 4.79 Å². The maximum absolute atomic E-state index is 12.1. The van der Waals surface area contributed by atoms with E-state index in [0.717, 1.165) is 11.4 Å². The van der Waals surface area contributed by atoms with Crippen LogP contribution >= 0.6 is 0 Å². The van der Waals surface area contributed by atoms with E-state index >= 15 is 0 Å². The summed E-state index contributed by atoms with van der Waals surface area (Å²) in [7, 11) is 3.16. The number of aromatic amines is 1. The lowest BCUT2D eigenvalue weighted by Gasteiger charge is -2.03. The van der Waals surface area contributed by atoms with Crippen molar-refractivity contribution < 1.29 is 18.7 Å². The highest BCUT2D eigenvalue weighted by molar-refractivity contribution is 5.64. The van der Waals surface area contributed by atoms with Crippen molar-refractivity contribution in [3.63, 3.8) is 0 Å². The largest absolute Gasteiger partial charge is 0.497 e. The van der Waals surface area contributed by atoms with E-state index in [1.165, 1.54) is 0 Å². The van der Waals surface area contributed by atoms with Crippen LogP contribution in [-0.4, -0.2) is 19.5 Å². The summed E-state index contributed by atoms with van der Waals surface area (Å²) < 4.78 is 17.0. The van der Waals surface area contributed by atoms with Crippen molar-refractivity contribution in [1.82, 2.24) is 5.27 Å². The predicted octanol–water partition coefficient (Wildman–Crippen LogP) is 1.93. The summed E-state index contributed by atoms with van der Waals surface area (Å²) in [4.78, 5) is 12.1. The van der Waals surface area contributed by atoms with Crippen molar-refractivity contribution in [3.05, 3.63) is 59.0 Å². The molecule has 0 aliphatic carbocycles. The topological polar surface area (TPSA) is 68.3 Å². The van der Waals surface area contributed by atoms with Gasteiger partial charge in [-0.2, -0.15) is 0 Å². The summed E-state index contributed by atoms with van der Waals surface area (Å²) in [6.07, 6.45) is 0. The zero-order valence-electron chi connectivity index (χ0n) is 12.2. The Labute approximate surface area is 126 Å². The summed E-state index contributed by atoms with van der Waals surface area (Å²) >= 11 is 0. The minimum absolute atomic E-state index is 0.364. The molecule has 3 aromatic rings. The van der Waals surface area contributed by atoms with Crippen LogP contribution in [0, 0.1) is 0 Å². The highest BCUT2D eigenvalue weighted by Crippen LogP contribution is 2.25. The molecule has 0 bridgehead atoms. The number of benzene rings is 2. The first-order chi connectivity index (χ1) is 10.7. The molecule has 1 aromatic heterocycles.